The number of carbonyl (C=O) groups excluding carboxylic acids is 2. The zero-order valence-electron chi connectivity index (χ0n) is 14.9. The third kappa shape index (κ3) is 5.34. The fourth-order valence-corrected chi connectivity index (χ4v) is 3.29. The predicted molar refractivity (Wildman–Crippen MR) is 94.4 cm³/mol. The van der Waals surface area contributed by atoms with E-state index in [1.165, 1.54) is 16.0 Å². The van der Waals surface area contributed by atoms with Crippen LogP contribution in [0.2, 0.25) is 0 Å². The van der Waals surface area contributed by atoms with Crippen LogP contribution >= 0.6 is 0 Å². The molecule has 1 aromatic rings. The van der Waals surface area contributed by atoms with Crippen LogP contribution in [0.15, 0.2) is 24.3 Å². The SMILES string of the molecule is CCCN(Cc1ccc(C)cc1)C(=O)C[NH+]1CCC(C(N)=O)CC1. The largest absolute Gasteiger partial charge is 0.369 e. The lowest BCUT2D eigenvalue weighted by molar-refractivity contribution is -0.898. The van der Waals surface area contributed by atoms with Gasteiger partial charge in [-0.25, -0.2) is 0 Å². The van der Waals surface area contributed by atoms with Crippen molar-refractivity contribution >= 4 is 11.8 Å². The summed E-state index contributed by atoms with van der Waals surface area (Å²) in [6, 6.07) is 8.36. The van der Waals surface area contributed by atoms with Crippen LogP contribution in [0.3, 0.4) is 0 Å². The van der Waals surface area contributed by atoms with Gasteiger partial charge in [0.25, 0.3) is 5.91 Å². The average Bonchev–Trinajstić information content (AvgIpc) is 2.57. The molecule has 0 atom stereocenters. The van der Waals surface area contributed by atoms with Crippen molar-refractivity contribution in [3.8, 4) is 0 Å². The van der Waals surface area contributed by atoms with Gasteiger partial charge >= 0.3 is 0 Å². The van der Waals surface area contributed by atoms with E-state index < -0.39 is 0 Å². The Bertz CT molecular complexity index is 548. The Labute approximate surface area is 144 Å². The van der Waals surface area contributed by atoms with Gasteiger partial charge in [-0.15, -0.1) is 0 Å². The van der Waals surface area contributed by atoms with E-state index in [-0.39, 0.29) is 17.7 Å². The van der Waals surface area contributed by atoms with Gasteiger partial charge in [0.1, 0.15) is 0 Å². The number of quaternary nitrogens is 1. The summed E-state index contributed by atoms with van der Waals surface area (Å²) in [5.41, 5.74) is 7.78. The Hall–Kier alpha value is -1.88. The number of hydrogen-bond acceptors (Lipinski definition) is 2. The summed E-state index contributed by atoms with van der Waals surface area (Å²) in [5, 5.41) is 0. The van der Waals surface area contributed by atoms with Gasteiger partial charge in [-0.2, -0.15) is 0 Å². The van der Waals surface area contributed by atoms with Crippen molar-refractivity contribution in [1.29, 1.82) is 0 Å². The Balaban J connectivity index is 1.89. The van der Waals surface area contributed by atoms with Gasteiger partial charge in [-0.05, 0) is 18.9 Å². The van der Waals surface area contributed by atoms with E-state index in [4.69, 9.17) is 5.73 Å². The normalized spacial score (nSPS) is 20.6. The van der Waals surface area contributed by atoms with Gasteiger partial charge in [-0.3, -0.25) is 9.59 Å². The topological polar surface area (TPSA) is 67.8 Å². The summed E-state index contributed by atoms with van der Waals surface area (Å²) in [6.07, 6.45) is 2.55. The average molecular weight is 332 g/mol. The van der Waals surface area contributed by atoms with Crippen molar-refractivity contribution in [1.82, 2.24) is 4.90 Å². The molecule has 2 amide bonds. The van der Waals surface area contributed by atoms with Crippen LogP contribution in [0, 0.1) is 12.8 Å². The number of hydrogen-bond donors (Lipinski definition) is 2. The number of rotatable bonds is 7. The Morgan fingerprint density at radius 3 is 2.38 bits per heavy atom. The van der Waals surface area contributed by atoms with Crippen molar-refractivity contribution in [2.75, 3.05) is 26.2 Å². The van der Waals surface area contributed by atoms with Crippen molar-refractivity contribution in [3.63, 3.8) is 0 Å². The predicted octanol–water partition coefficient (Wildman–Crippen LogP) is 0.514. The molecule has 132 valence electrons. The minimum Gasteiger partial charge on any atom is -0.369 e. The quantitative estimate of drug-likeness (QED) is 0.764. The highest BCUT2D eigenvalue weighted by atomic mass is 16.2. The minimum absolute atomic E-state index is 0.0110. The smallest absolute Gasteiger partial charge is 0.278 e. The molecular weight excluding hydrogens is 302 g/mol. The van der Waals surface area contributed by atoms with Crippen LogP contribution in [0.25, 0.3) is 0 Å². The lowest BCUT2D eigenvalue weighted by Gasteiger charge is -2.29. The molecule has 1 heterocycles. The molecule has 0 saturated carbocycles. The molecule has 0 aromatic heterocycles. The number of nitrogens with two attached hydrogens (primary N) is 1. The number of aryl methyl sites for hydroxylation is 1. The third-order valence-corrected chi connectivity index (χ3v) is 4.84. The molecule has 1 aromatic carbocycles. The van der Waals surface area contributed by atoms with Crippen LogP contribution in [0.4, 0.5) is 0 Å². The molecule has 1 saturated heterocycles. The first-order valence-electron chi connectivity index (χ1n) is 8.95. The van der Waals surface area contributed by atoms with Gasteiger partial charge < -0.3 is 15.5 Å². The van der Waals surface area contributed by atoms with E-state index in [0.717, 1.165) is 38.9 Å². The molecule has 0 unspecified atom stereocenters. The van der Waals surface area contributed by atoms with Crippen LogP contribution < -0.4 is 10.6 Å². The summed E-state index contributed by atoms with van der Waals surface area (Å²) in [5.74, 6) is -0.0135. The second-order valence-corrected chi connectivity index (χ2v) is 6.90. The highest BCUT2D eigenvalue weighted by Gasteiger charge is 2.28. The monoisotopic (exact) mass is 332 g/mol. The first kappa shape index (κ1) is 18.5. The number of benzene rings is 1. The Morgan fingerprint density at radius 2 is 1.83 bits per heavy atom. The fraction of sp³-hybridized carbons (Fsp3) is 0.579. The van der Waals surface area contributed by atoms with Crippen molar-refractivity contribution in [2.24, 2.45) is 11.7 Å². The molecule has 0 radical (unpaired) electrons. The van der Waals surface area contributed by atoms with Crippen molar-refractivity contribution < 1.29 is 14.5 Å². The molecule has 1 fully saturated rings. The molecule has 0 bridgehead atoms. The highest BCUT2D eigenvalue weighted by Crippen LogP contribution is 2.09. The summed E-state index contributed by atoms with van der Waals surface area (Å²) in [6.45, 7) is 7.83. The summed E-state index contributed by atoms with van der Waals surface area (Å²) in [7, 11) is 0. The zero-order chi connectivity index (χ0) is 17.5. The van der Waals surface area contributed by atoms with E-state index in [1.807, 2.05) is 4.90 Å². The van der Waals surface area contributed by atoms with E-state index in [1.54, 1.807) is 0 Å². The lowest BCUT2D eigenvalue weighted by atomic mass is 9.96. The highest BCUT2D eigenvalue weighted by molar-refractivity contribution is 5.77. The summed E-state index contributed by atoms with van der Waals surface area (Å²) in [4.78, 5) is 27.2. The number of nitrogens with zero attached hydrogens (tertiary/aromatic N) is 1. The number of nitrogens with one attached hydrogen (secondary N) is 1. The maximum Gasteiger partial charge on any atom is 0.278 e. The zero-order valence-corrected chi connectivity index (χ0v) is 14.9. The molecule has 0 aliphatic carbocycles. The molecule has 2 rings (SSSR count). The van der Waals surface area contributed by atoms with E-state index >= 15 is 0 Å². The second-order valence-electron chi connectivity index (χ2n) is 6.90. The summed E-state index contributed by atoms with van der Waals surface area (Å²) >= 11 is 0. The minimum atomic E-state index is -0.202. The number of likely N-dealkylation sites (tertiary alicyclic amines) is 1. The van der Waals surface area contributed by atoms with E-state index in [2.05, 4.69) is 38.1 Å². The van der Waals surface area contributed by atoms with Crippen LogP contribution in [-0.4, -0.2) is 42.9 Å². The maximum absolute atomic E-state index is 12.7. The van der Waals surface area contributed by atoms with Gasteiger partial charge in [0.15, 0.2) is 6.54 Å². The fourth-order valence-electron chi connectivity index (χ4n) is 3.29. The van der Waals surface area contributed by atoms with E-state index in [9.17, 15) is 9.59 Å². The number of amides is 2. The van der Waals surface area contributed by atoms with Gasteiger partial charge in [0, 0.05) is 31.8 Å². The lowest BCUT2D eigenvalue weighted by Crippen LogP contribution is -3.14. The standard InChI is InChI=1S/C19H29N3O2/c1-3-10-22(13-16-6-4-15(2)5-7-16)18(23)14-21-11-8-17(9-12-21)19(20)24/h4-7,17H,3,8-14H2,1-2H3,(H2,20,24)/p+1. The molecule has 1 aliphatic rings. The Morgan fingerprint density at radius 1 is 1.21 bits per heavy atom. The molecule has 3 N–H and O–H groups in total. The number of piperidine rings is 1. The summed E-state index contributed by atoms with van der Waals surface area (Å²) < 4.78 is 0. The second kappa shape index (κ2) is 8.83. The molecule has 0 spiro atoms. The van der Waals surface area contributed by atoms with Crippen LogP contribution in [-0.2, 0) is 16.1 Å². The molecule has 5 heteroatoms. The number of primary amides is 1. The van der Waals surface area contributed by atoms with Gasteiger partial charge in [-0.1, -0.05) is 36.8 Å². The van der Waals surface area contributed by atoms with Crippen LogP contribution in [0.1, 0.15) is 37.3 Å². The molecule has 5 nitrogen and oxygen atoms in total. The van der Waals surface area contributed by atoms with Crippen LogP contribution in [0.5, 0.6) is 0 Å². The van der Waals surface area contributed by atoms with E-state index in [0.29, 0.717) is 13.1 Å². The Kier molecular flexibility index (Phi) is 6.79. The van der Waals surface area contributed by atoms with Gasteiger partial charge in [0.2, 0.25) is 5.91 Å². The van der Waals surface area contributed by atoms with Gasteiger partial charge in [0.05, 0.1) is 13.1 Å². The first-order valence-corrected chi connectivity index (χ1v) is 8.95. The molecule has 24 heavy (non-hydrogen) atoms. The third-order valence-electron chi connectivity index (χ3n) is 4.84. The van der Waals surface area contributed by atoms with Crippen molar-refractivity contribution in [3.05, 3.63) is 35.4 Å². The molecule has 1 aliphatic heterocycles. The molecular formula is C19H30N3O2+. The maximum atomic E-state index is 12.7. The number of carbonyl (C=O) groups is 2. The van der Waals surface area contributed by atoms with Crippen molar-refractivity contribution in [2.45, 2.75) is 39.7 Å². The first-order chi connectivity index (χ1) is 11.5.